The summed E-state index contributed by atoms with van der Waals surface area (Å²) in [4.78, 5) is 12.5. The number of Topliss-reactive ketones (excluding diaryl/α,β-unsaturated/α-hetero) is 1. The van der Waals surface area contributed by atoms with Crippen molar-refractivity contribution in [2.45, 2.75) is 64.2 Å². The molecule has 0 aromatic carbocycles. The van der Waals surface area contributed by atoms with Crippen molar-refractivity contribution in [3.8, 4) is 0 Å². The third-order valence-corrected chi connectivity index (χ3v) is 5.62. The summed E-state index contributed by atoms with van der Waals surface area (Å²) < 4.78 is 0. The first-order chi connectivity index (χ1) is 7.67. The van der Waals surface area contributed by atoms with Crippen molar-refractivity contribution in [1.29, 1.82) is 0 Å². The molecule has 16 heavy (non-hydrogen) atoms. The van der Waals surface area contributed by atoms with Gasteiger partial charge in [-0.15, -0.1) is 0 Å². The van der Waals surface area contributed by atoms with E-state index < -0.39 is 0 Å². The highest BCUT2D eigenvalue weighted by molar-refractivity contribution is 5.87. The Hall–Kier alpha value is -0.590. The van der Waals surface area contributed by atoms with Crippen LogP contribution in [0.3, 0.4) is 0 Å². The summed E-state index contributed by atoms with van der Waals surface area (Å²) in [5.41, 5.74) is 1.74. The van der Waals surface area contributed by atoms with E-state index in [2.05, 4.69) is 6.58 Å². The van der Waals surface area contributed by atoms with Gasteiger partial charge in [0.25, 0.3) is 0 Å². The molecule has 0 saturated heterocycles. The van der Waals surface area contributed by atoms with E-state index >= 15 is 0 Å². The fourth-order valence-electron chi connectivity index (χ4n) is 4.38. The lowest BCUT2D eigenvalue weighted by atomic mass is 9.60. The number of carbonyl (C=O) groups excluding carboxylic acids is 1. The van der Waals surface area contributed by atoms with Gasteiger partial charge in [0.05, 0.1) is 0 Å². The summed E-state index contributed by atoms with van der Waals surface area (Å²) in [5.74, 6) is 0.583. The van der Waals surface area contributed by atoms with Crippen molar-refractivity contribution in [3.63, 3.8) is 0 Å². The minimum Gasteiger partial charge on any atom is -0.299 e. The van der Waals surface area contributed by atoms with E-state index in [-0.39, 0.29) is 10.8 Å². The quantitative estimate of drug-likeness (QED) is 0.561. The topological polar surface area (TPSA) is 17.1 Å². The average molecular weight is 218 g/mol. The molecule has 0 N–H and O–H groups in total. The van der Waals surface area contributed by atoms with Crippen LogP contribution in [-0.4, -0.2) is 5.78 Å². The van der Waals surface area contributed by atoms with Gasteiger partial charge in [-0.25, -0.2) is 0 Å². The van der Waals surface area contributed by atoms with E-state index in [1.165, 1.54) is 56.9 Å². The van der Waals surface area contributed by atoms with Gasteiger partial charge >= 0.3 is 0 Å². The molecular formula is C15H22O. The number of hydrogen-bond donors (Lipinski definition) is 0. The van der Waals surface area contributed by atoms with Crippen LogP contribution in [-0.2, 0) is 4.79 Å². The predicted molar refractivity (Wildman–Crippen MR) is 65.2 cm³/mol. The van der Waals surface area contributed by atoms with Crippen molar-refractivity contribution in [3.05, 3.63) is 12.2 Å². The molecule has 0 aliphatic heterocycles. The molecule has 3 aliphatic carbocycles. The fourth-order valence-corrected chi connectivity index (χ4v) is 4.38. The average Bonchev–Trinajstić information content (AvgIpc) is 2.84. The largest absolute Gasteiger partial charge is 0.299 e. The van der Waals surface area contributed by atoms with Crippen LogP contribution in [0.5, 0.6) is 0 Å². The summed E-state index contributed by atoms with van der Waals surface area (Å²) in [6.07, 6.45) is 11.8. The minimum absolute atomic E-state index is 0.119. The van der Waals surface area contributed by atoms with Crippen molar-refractivity contribution >= 4 is 5.78 Å². The number of hydrogen-bond acceptors (Lipinski definition) is 1. The monoisotopic (exact) mass is 218 g/mol. The molecule has 0 heterocycles. The molecule has 2 spiro atoms. The second-order valence-corrected chi connectivity index (χ2v) is 6.32. The Labute approximate surface area is 98.3 Å². The summed E-state index contributed by atoms with van der Waals surface area (Å²) in [7, 11) is 0. The van der Waals surface area contributed by atoms with Crippen LogP contribution in [0.2, 0.25) is 0 Å². The lowest BCUT2D eigenvalue weighted by Crippen LogP contribution is -2.40. The molecule has 0 bridgehead atoms. The molecule has 0 aromatic rings. The molecule has 1 nitrogen and oxygen atoms in total. The van der Waals surface area contributed by atoms with E-state index in [0.29, 0.717) is 5.78 Å². The van der Waals surface area contributed by atoms with Crippen molar-refractivity contribution in [1.82, 2.24) is 0 Å². The molecule has 1 heteroatoms. The van der Waals surface area contributed by atoms with Crippen molar-refractivity contribution in [2.24, 2.45) is 10.8 Å². The van der Waals surface area contributed by atoms with E-state index in [0.717, 1.165) is 12.8 Å². The molecule has 3 fully saturated rings. The maximum Gasteiger partial charge on any atom is 0.139 e. The van der Waals surface area contributed by atoms with Gasteiger partial charge in [-0.05, 0) is 50.4 Å². The van der Waals surface area contributed by atoms with Crippen molar-refractivity contribution < 1.29 is 4.79 Å². The van der Waals surface area contributed by atoms with Crippen LogP contribution in [0, 0.1) is 10.8 Å². The highest BCUT2D eigenvalue weighted by Crippen LogP contribution is 2.58. The molecular weight excluding hydrogens is 196 g/mol. The zero-order valence-electron chi connectivity index (χ0n) is 10.2. The molecule has 3 saturated carbocycles. The number of carbonyl (C=O) groups is 1. The SMILES string of the molecule is C=C1CCCC12CCC1(CCCC1)C(=O)C2. The fraction of sp³-hybridized carbons (Fsp3) is 0.800. The van der Waals surface area contributed by atoms with Crippen LogP contribution in [0.25, 0.3) is 0 Å². The van der Waals surface area contributed by atoms with Crippen LogP contribution in [0.4, 0.5) is 0 Å². The van der Waals surface area contributed by atoms with Crippen molar-refractivity contribution in [2.75, 3.05) is 0 Å². The molecule has 1 atom stereocenters. The zero-order chi connectivity index (χ0) is 11.2. The van der Waals surface area contributed by atoms with E-state index in [1.54, 1.807) is 0 Å². The summed E-state index contributed by atoms with van der Waals surface area (Å²) >= 11 is 0. The van der Waals surface area contributed by atoms with Crippen LogP contribution < -0.4 is 0 Å². The predicted octanol–water partition coefficient (Wildman–Crippen LogP) is 4.03. The van der Waals surface area contributed by atoms with Crippen LogP contribution in [0.1, 0.15) is 64.2 Å². The second kappa shape index (κ2) is 3.45. The highest BCUT2D eigenvalue weighted by Gasteiger charge is 2.51. The standard InChI is InChI=1S/C15H22O/c1-12-5-4-8-15(12)10-9-14(13(16)11-15)6-2-3-7-14/h1-11H2. The molecule has 3 rings (SSSR count). The Morgan fingerprint density at radius 1 is 0.875 bits per heavy atom. The van der Waals surface area contributed by atoms with Gasteiger partial charge in [-0.1, -0.05) is 25.0 Å². The minimum atomic E-state index is 0.119. The third kappa shape index (κ3) is 1.33. The van der Waals surface area contributed by atoms with Gasteiger partial charge < -0.3 is 0 Å². The molecule has 88 valence electrons. The lowest BCUT2D eigenvalue weighted by Gasteiger charge is -2.42. The van der Waals surface area contributed by atoms with Gasteiger partial charge in [0, 0.05) is 11.8 Å². The van der Waals surface area contributed by atoms with Gasteiger partial charge in [0.1, 0.15) is 5.78 Å². The highest BCUT2D eigenvalue weighted by atomic mass is 16.1. The first-order valence-electron chi connectivity index (χ1n) is 6.89. The Morgan fingerprint density at radius 3 is 2.06 bits per heavy atom. The van der Waals surface area contributed by atoms with Gasteiger partial charge in [0.2, 0.25) is 0 Å². The molecule has 0 aromatic heterocycles. The molecule has 0 radical (unpaired) electrons. The first kappa shape index (κ1) is 10.6. The first-order valence-corrected chi connectivity index (χ1v) is 6.89. The van der Waals surface area contributed by atoms with Gasteiger partial charge in [-0.2, -0.15) is 0 Å². The number of ketones is 1. The van der Waals surface area contributed by atoms with Gasteiger partial charge in [0.15, 0.2) is 0 Å². The molecule has 1 unspecified atom stereocenters. The summed E-state index contributed by atoms with van der Waals surface area (Å²) in [6.45, 7) is 4.23. The number of allylic oxidation sites excluding steroid dienone is 1. The Balaban J connectivity index is 1.82. The molecule has 0 amide bonds. The Bertz CT molecular complexity index is 335. The normalized spacial score (nSPS) is 37.8. The third-order valence-electron chi connectivity index (χ3n) is 5.62. The van der Waals surface area contributed by atoms with E-state index in [4.69, 9.17) is 0 Å². The smallest absolute Gasteiger partial charge is 0.139 e. The molecule has 3 aliphatic rings. The lowest BCUT2D eigenvalue weighted by molar-refractivity contribution is -0.134. The maximum atomic E-state index is 12.5. The summed E-state index contributed by atoms with van der Waals surface area (Å²) in [5, 5.41) is 0. The van der Waals surface area contributed by atoms with Crippen LogP contribution >= 0.6 is 0 Å². The summed E-state index contributed by atoms with van der Waals surface area (Å²) in [6, 6.07) is 0. The Kier molecular flexibility index (Phi) is 2.28. The second-order valence-electron chi connectivity index (χ2n) is 6.32. The van der Waals surface area contributed by atoms with E-state index in [9.17, 15) is 4.79 Å². The zero-order valence-corrected chi connectivity index (χ0v) is 10.2. The van der Waals surface area contributed by atoms with E-state index in [1.807, 2.05) is 0 Å². The van der Waals surface area contributed by atoms with Gasteiger partial charge in [-0.3, -0.25) is 4.79 Å². The number of rotatable bonds is 0. The van der Waals surface area contributed by atoms with Crippen LogP contribution in [0.15, 0.2) is 12.2 Å². The Morgan fingerprint density at radius 2 is 1.50 bits per heavy atom. The maximum absolute atomic E-state index is 12.5.